The number of hydrogen-bond acceptors (Lipinski definition) is 4. The molecule has 0 saturated heterocycles. The van der Waals surface area contributed by atoms with Gasteiger partial charge < -0.3 is 10.1 Å². The molecule has 0 saturated carbocycles. The van der Waals surface area contributed by atoms with Crippen molar-refractivity contribution in [1.29, 1.82) is 0 Å². The molecule has 5 nitrogen and oxygen atoms in total. The van der Waals surface area contributed by atoms with E-state index in [1.54, 1.807) is 6.33 Å². The fourth-order valence-corrected chi connectivity index (χ4v) is 1.14. The summed E-state index contributed by atoms with van der Waals surface area (Å²) in [6.45, 7) is 9.22. The molecular weight excluding hydrogens is 192 g/mol. The Morgan fingerprint density at radius 1 is 1.53 bits per heavy atom. The summed E-state index contributed by atoms with van der Waals surface area (Å²) in [5, 5.41) is 7.49. The van der Waals surface area contributed by atoms with Crippen LogP contribution in [-0.4, -0.2) is 34.0 Å². The summed E-state index contributed by atoms with van der Waals surface area (Å²) in [5.74, 6) is 0.835. The van der Waals surface area contributed by atoms with Crippen molar-refractivity contribution in [3.05, 3.63) is 12.2 Å². The topological polar surface area (TPSA) is 52.0 Å². The van der Waals surface area contributed by atoms with Crippen molar-refractivity contribution in [2.75, 3.05) is 13.2 Å². The van der Waals surface area contributed by atoms with E-state index in [-0.39, 0.29) is 6.10 Å². The smallest absolute Gasteiger partial charge is 0.164 e. The van der Waals surface area contributed by atoms with E-state index in [2.05, 4.69) is 22.3 Å². The Kier molecular flexibility index (Phi) is 5.28. The van der Waals surface area contributed by atoms with Gasteiger partial charge in [-0.05, 0) is 20.4 Å². The lowest BCUT2D eigenvalue weighted by atomic mass is 10.5. The summed E-state index contributed by atoms with van der Waals surface area (Å²) in [5.41, 5.74) is 0. The molecule has 5 heteroatoms. The van der Waals surface area contributed by atoms with Crippen LogP contribution >= 0.6 is 0 Å². The molecule has 1 heterocycles. The van der Waals surface area contributed by atoms with E-state index in [0.717, 1.165) is 25.5 Å². The van der Waals surface area contributed by atoms with E-state index < -0.39 is 0 Å². The number of ether oxygens (including phenoxy) is 1. The van der Waals surface area contributed by atoms with E-state index in [9.17, 15) is 0 Å². The number of rotatable bonds is 7. The van der Waals surface area contributed by atoms with Gasteiger partial charge in [0, 0.05) is 0 Å². The fraction of sp³-hybridized carbons (Fsp3) is 0.800. The minimum atomic E-state index is 0.273. The Morgan fingerprint density at radius 3 is 3.00 bits per heavy atom. The van der Waals surface area contributed by atoms with Crippen molar-refractivity contribution in [2.45, 2.75) is 40.0 Å². The van der Waals surface area contributed by atoms with Gasteiger partial charge in [-0.2, -0.15) is 5.10 Å². The number of nitrogens with one attached hydrogen (secondary N) is 1. The Labute approximate surface area is 90.8 Å². The molecule has 86 valence electrons. The summed E-state index contributed by atoms with van der Waals surface area (Å²) >= 11 is 0. The van der Waals surface area contributed by atoms with Crippen LogP contribution in [0.2, 0.25) is 0 Å². The van der Waals surface area contributed by atoms with Crippen LogP contribution in [0.15, 0.2) is 6.33 Å². The van der Waals surface area contributed by atoms with Gasteiger partial charge in [0.15, 0.2) is 5.82 Å². The third-order valence-corrected chi connectivity index (χ3v) is 1.89. The first-order chi connectivity index (χ1) is 7.22. The molecule has 0 spiro atoms. The van der Waals surface area contributed by atoms with Crippen molar-refractivity contribution in [2.24, 2.45) is 0 Å². The van der Waals surface area contributed by atoms with Gasteiger partial charge in [0.2, 0.25) is 0 Å². The van der Waals surface area contributed by atoms with E-state index in [1.165, 1.54) is 0 Å². The molecule has 0 aromatic carbocycles. The molecule has 0 atom stereocenters. The summed E-state index contributed by atoms with van der Waals surface area (Å²) in [6.07, 6.45) is 2.02. The van der Waals surface area contributed by atoms with E-state index in [1.807, 2.05) is 18.5 Å². The predicted molar refractivity (Wildman–Crippen MR) is 58.5 cm³/mol. The number of hydrogen-bond donors (Lipinski definition) is 1. The largest absolute Gasteiger partial charge is 0.377 e. The van der Waals surface area contributed by atoms with Gasteiger partial charge in [-0.1, -0.05) is 6.92 Å². The normalized spacial score (nSPS) is 11.2. The molecule has 0 aliphatic heterocycles. The molecule has 0 amide bonds. The zero-order chi connectivity index (χ0) is 11.1. The van der Waals surface area contributed by atoms with Gasteiger partial charge >= 0.3 is 0 Å². The zero-order valence-corrected chi connectivity index (χ0v) is 9.73. The monoisotopic (exact) mass is 212 g/mol. The second-order valence-electron chi connectivity index (χ2n) is 3.62. The maximum Gasteiger partial charge on any atom is 0.164 e. The van der Waals surface area contributed by atoms with Gasteiger partial charge in [-0.15, -0.1) is 0 Å². The highest BCUT2D eigenvalue weighted by atomic mass is 16.5. The molecular formula is C10H20N4O. The Hall–Kier alpha value is -0.940. The maximum absolute atomic E-state index is 5.43. The first-order valence-electron chi connectivity index (χ1n) is 5.43. The Bertz CT molecular complexity index is 272. The predicted octanol–water partition coefficient (Wildman–Crippen LogP) is 0.813. The SMILES string of the molecule is CCNCc1ncn(CCOC(C)C)n1. The van der Waals surface area contributed by atoms with Gasteiger partial charge in [0.25, 0.3) is 0 Å². The lowest BCUT2D eigenvalue weighted by Gasteiger charge is -2.06. The van der Waals surface area contributed by atoms with Crippen molar-refractivity contribution >= 4 is 0 Å². The van der Waals surface area contributed by atoms with Crippen LogP contribution in [0.1, 0.15) is 26.6 Å². The van der Waals surface area contributed by atoms with Crippen LogP contribution < -0.4 is 5.32 Å². The number of aromatic nitrogens is 3. The number of nitrogens with zero attached hydrogens (tertiary/aromatic N) is 3. The summed E-state index contributed by atoms with van der Waals surface area (Å²) in [7, 11) is 0. The Morgan fingerprint density at radius 2 is 2.33 bits per heavy atom. The van der Waals surface area contributed by atoms with Gasteiger partial charge in [0.05, 0.1) is 25.8 Å². The molecule has 0 unspecified atom stereocenters. The lowest BCUT2D eigenvalue weighted by Crippen LogP contribution is -2.14. The van der Waals surface area contributed by atoms with Crippen LogP contribution in [0.25, 0.3) is 0 Å². The summed E-state index contributed by atoms with van der Waals surface area (Å²) in [6, 6.07) is 0. The van der Waals surface area contributed by atoms with Crippen molar-refractivity contribution in [3.8, 4) is 0 Å². The first kappa shape index (κ1) is 12.1. The standard InChI is InChI=1S/C10H20N4O/c1-4-11-7-10-12-8-14(13-10)5-6-15-9(2)3/h8-9,11H,4-7H2,1-3H3. The lowest BCUT2D eigenvalue weighted by molar-refractivity contribution is 0.0708. The highest BCUT2D eigenvalue weighted by Gasteiger charge is 2.00. The van der Waals surface area contributed by atoms with Gasteiger partial charge in [0.1, 0.15) is 6.33 Å². The molecule has 0 bridgehead atoms. The molecule has 1 rings (SSSR count). The average molecular weight is 212 g/mol. The molecule has 15 heavy (non-hydrogen) atoms. The van der Waals surface area contributed by atoms with Crippen molar-refractivity contribution < 1.29 is 4.74 Å². The third kappa shape index (κ3) is 4.90. The van der Waals surface area contributed by atoms with Crippen LogP contribution in [0.5, 0.6) is 0 Å². The minimum Gasteiger partial charge on any atom is -0.377 e. The van der Waals surface area contributed by atoms with Crippen LogP contribution in [-0.2, 0) is 17.8 Å². The molecule has 1 aromatic rings. The molecule has 1 aromatic heterocycles. The highest BCUT2D eigenvalue weighted by Crippen LogP contribution is 1.92. The van der Waals surface area contributed by atoms with E-state index in [4.69, 9.17) is 4.74 Å². The molecule has 0 fully saturated rings. The molecule has 0 aliphatic carbocycles. The quantitative estimate of drug-likeness (QED) is 0.727. The zero-order valence-electron chi connectivity index (χ0n) is 9.73. The molecule has 0 radical (unpaired) electrons. The van der Waals surface area contributed by atoms with E-state index >= 15 is 0 Å². The van der Waals surface area contributed by atoms with Crippen LogP contribution in [0.3, 0.4) is 0 Å². The maximum atomic E-state index is 5.43. The first-order valence-corrected chi connectivity index (χ1v) is 5.43. The van der Waals surface area contributed by atoms with Crippen molar-refractivity contribution in [1.82, 2.24) is 20.1 Å². The summed E-state index contributed by atoms with van der Waals surface area (Å²) in [4.78, 5) is 4.19. The molecule has 1 N–H and O–H groups in total. The third-order valence-electron chi connectivity index (χ3n) is 1.89. The Balaban J connectivity index is 2.26. The van der Waals surface area contributed by atoms with Crippen molar-refractivity contribution in [3.63, 3.8) is 0 Å². The molecule has 0 aliphatic rings. The minimum absolute atomic E-state index is 0.273. The van der Waals surface area contributed by atoms with E-state index in [0.29, 0.717) is 6.61 Å². The second-order valence-corrected chi connectivity index (χ2v) is 3.62. The highest BCUT2D eigenvalue weighted by molar-refractivity contribution is 4.80. The van der Waals surface area contributed by atoms with Crippen LogP contribution in [0.4, 0.5) is 0 Å². The second kappa shape index (κ2) is 6.53. The van der Waals surface area contributed by atoms with Crippen LogP contribution in [0, 0.1) is 0 Å². The average Bonchev–Trinajstić information content (AvgIpc) is 2.62. The van der Waals surface area contributed by atoms with Gasteiger partial charge in [-0.25, -0.2) is 4.98 Å². The summed E-state index contributed by atoms with van der Waals surface area (Å²) < 4.78 is 7.25. The fourth-order valence-electron chi connectivity index (χ4n) is 1.14. The van der Waals surface area contributed by atoms with Gasteiger partial charge in [-0.3, -0.25) is 4.68 Å².